The summed E-state index contributed by atoms with van der Waals surface area (Å²) >= 11 is 5.79. The van der Waals surface area contributed by atoms with Gasteiger partial charge in [-0.15, -0.1) is 0 Å². The number of halogens is 1. The third kappa shape index (κ3) is 3.53. The van der Waals surface area contributed by atoms with Gasteiger partial charge in [0.2, 0.25) is 0 Å². The Labute approximate surface area is 108 Å². The highest BCUT2D eigenvalue weighted by Crippen LogP contribution is 2.36. The topological polar surface area (TPSA) is 98.7 Å². The van der Waals surface area contributed by atoms with Crippen molar-refractivity contribution in [3.8, 4) is 11.5 Å². The van der Waals surface area contributed by atoms with E-state index in [9.17, 15) is 19.8 Å². The van der Waals surface area contributed by atoms with E-state index < -0.39 is 18.5 Å². The van der Waals surface area contributed by atoms with Crippen LogP contribution in [0.2, 0.25) is 5.02 Å². The number of carbonyl (C=O) groups is 2. The minimum absolute atomic E-state index is 0.0328. The lowest BCUT2D eigenvalue weighted by molar-refractivity contribution is -0.307. The molecule has 0 bridgehead atoms. The molecule has 0 saturated heterocycles. The molecule has 0 saturated carbocycles. The first-order valence-corrected chi connectivity index (χ1v) is 5.33. The molecule has 98 valence electrons. The summed E-state index contributed by atoms with van der Waals surface area (Å²) in [5, 5.41) is 20.9. The molecular formula is C11H9ClO6-2. The normalized spacial score (nSPS) is 9.89. The van der Waals surface area contributed by atoms with Gasteiger partial charge in [-0.2, -0.15) is 0 Å². The number of hydrogen-bond acceptors (Lipinski definition) is 6. The molecule has 0 aliphatic rings. The van der Waals surface area contributed by atoms with Gasteiger partial charge < -0.3 is 29.3 Å². The summed E-state index contributed by atoms with van der Waals surface area (Å²) in [7, 11) is 0. The largest absolute Gasteiger partial charge is 0.546 e. The molecule has 0 aliphatic carbocycles. The lowest BCUT2D eigenvalue weighted by atomic mass is 10.2. The van der Waals surface area contributed by atoms with Gasteiger partial charge in [0.25, 0.3) is 0 Å². The first-order valence-electron chi connectivity index (χ1n) is 4.96. The highest BCUT2D eigenvalue weighted by Gasteiger charge is 2.13. The first-order chi connectivity index (χ1) is 8.45. The van der Waals surface area contributed by atoms with Crippen molar-refractivity contribution in [2.45, 2.75) is 6.92 Å². The van der Waals surface area contributed by atoms with Crippen LogP contribution in [0.25, 0.3) is 0 Å². The predicted octanol–water partition coefficient (Wildman–Crippen LogP) is -0.769. The summed E-state index contributed by atoms with van der Waals surface area (Å²) in [6.45, 7) is 1.18. The maximum atomic E-state index is 10.7. The Balaban J connectivity index is 3.13. The van der Waals surface area contributed by atoms with Gasteiger partial charge >= 0.3 is 0 Å². The number of benzene rings is 1. The summed E-state index contributed by atoms with van der Waals surface area (Å²) in [4.78, 5) is 21.0. The van der Waals surface area contributed by atoms with Crippen molar-refractivity contribution in [3.63, 3.8) is 0 Å². The maximum absolute atomic E-state index is 10.7. The molecule has 18 heavy (non-hydrogen) atoms. The molecule has 7 heteroatoms. The monoisotopic (exact) mass is 272 g/mol. The van der Waals surface area contributed by atoms with Gasteiger partial charge in [-0.25, -0.2) is 0 Å². The Bertz CT molecular complexity index is 471. The molecule has 0 unspecified atom stereocenters. The summed E-state index contributed by atoms with van der Waals surface area (Å²) in [5.74, 6) is -2.88. The second-order valence-corrected chi connectivity index (χ2v) is 3.57. The molecule has 0 aliphatic heterocycles. The summed E-state index contributed by atoms with van der Waals surface area (Å²) in [6, 6.07) is 2.24. The highest BCUT2D eigenvalue weighted by atomic mass is 35.5. The number of hydrogen-bond donors (Lipinski definition) is 0. The summed E-state index contributed by atoms with van der Waals surface area (Å²) < 4.78 is 10.0. The van der Waals surface area contributed by atoms with Gasteiger partial charge in [0.1, 0.15) is 6.61 Å². The number of aromatic carboxylic acids is 1. The van der Waals surface area contributed by atoms with Crippen LogP contribution in [-0.4, -0.2) is 25.2 Å². The average Bonchev–Trinajstić information content (AvgIpc) is 2.27. The minimum atomic E-state index is -1.43. The molecule has 0 amide bonds. The van der Waals surface area contributed by atoms with E-state index in [0.717, 1.165) is 12.1 Å². The third-order valence-corrected chi connectivity index (χ3v) is 2.16. The number of carbonyl (C=O) groups excluding carboxylic acids is 2. The lowest BCUT2D eigenvalue weighted by Gasteiger charge is -2.15. The van der Waals surface area contributed by atoms with Crippen LogP contribution in [0.15, 0.2) is 12.1 Å². The van der Waals surface area contributed by atoms with E-state index >= 15 is 0 Å². The highest BCUT2D eigenvalue weighted by molar-refractivity contribution is 6.32. The molecule has 6 nitrogen and oxygen atoms in total. The van der Waals surface area contributed by atoms with Gasteiger partial charge in [0, 0.05) is 5.56 Å². The average molecular weight is 273 g/mol. The van der Waals surface area contributed by atoms with Crippen LogP contribution < -0.4 is 19.7 Å². The molecule has 0 spiro atoms. The van der Waals surface area contributed by atoms with Crippen LogP contribution in [0.5, 0.6) is 11.5 Å². The Kier molecular flexibility index (Phi) is 4.79. The fourth-order valence-electron chi connectivity index (χ4n) is 1.22. The van der Waals surface area contributed by atoms with Crippen LogP contribution in [0.4, 0.5) is 0 Å². The van der Waals surface area contributed by atoms with Crippen molar-refractivity contribution in [2.75, 3.05) is 13.2 Å². The zero-order chi connectivity index (χ0) is 13.7. The minimum Gasteiger partial charge on any atom is -0.546 e. The third-order valence-electron chi connectivity index (χ3n) is 1.88. The Morgan fingerprint density at radius 2 is 1.94 bits per heavy atom. The molecule has 0 atom stereocenters. The first kappa shape index (κ1) is 14.1. The Hall–Kier alpha value is -1.95. The predicted molar refractivity (Wildman–Crippen MR) is 57.5 cm³/mol. The molecule has 0 aromatic heterocycles. The van der Waals surface area contributed by atoms with Crippen LogP contribution in [-0.2, 0) is 4.79 Å². The second kappa shape index (κ2) is 6.11. The van der Waals surface area contributed by atoms with Crippen molar-refractivity contribution in [1.29, 1.82) is 0 Å². The van der Waals surface area contributed by atoms with E-state index in [4.69, 9.17) is 21.1 Å². The standard InChI is InChI=1S/C11H11ClO6/c1-2-17-8-4-6(11(15)16)3-7(12)10(8)18-5-9(13)14/h3-4H,2,5H2,1H3,(H,13,14)(H,15,16)/p-2. The molecule has 0 radical (unpaired) electrons. The fraction of sp³-hybridized carbons (Fsp3) is 0.273. The lowest BCUT2D eigenvalue weighted by Crippen LogP contribution is -2.29. The zero-order valence-electron chi connectivity index (χ0n) is 9.40. The number of carboxylic acids is 2. The molecule has 1 aromatic rings. The zero-order valence-corrected chi connectivity index (χ0v) is 10.2. The Morgan fingerprint density at radius 1 is 1.28 bits per heavy atom. The quantitative estimate of drug-likeness (QED) is 0.674. The maximum Gasteiger partial charge on any atom is 0.180 e. The second-order valence-electron chi connectivity index (χ2n) is 3.17. The Morgan fingerprint density at radius 3 is 2.44 bits per heavy atom. The smallest absolute Gasteiger partial charge is 0.180 e. The molecule has 0 N–H and O–H groups in total. The van der Waals surface area contributed by atoms with Crippen molar-refractivity contribution >= 4 is 23.5 Å². The summed E-state index contributed by atoms with van der Waals surface area (Å²) in [5.41, 5.74) is -0.191. The molecule has 1 aromatic carbocycles. The van der Waals surface area contributed by atoms with Crippen LogP contribution in [0.1, 0.15) is 17.3 Å². The van der Waals surface area contributed by atoms with E-state index in [-0.39, 0.29) is 28.7 Å². The number of aliphatic carboxylic acids is 1. The summed E-state index contributed by atoms with van der Waals surface area (Å²) in [6.07, 6.45) is 0. The number of carboxylic acid groups (broad SMARTS) is 2. The van der Waals surface area contributed by atoms with Crippen molar-refractivity contribution < 1.29 is 29.3 Å². The van der Waals surface area contributed by atoms with Gasteiger partial charge in [0.15, 0.2) is 11.5 Å². The molecule has 0 heterocycles. The number of ether oxygens (including phenoxy) is 2. The number of rotatable bonds is 6. The fourth-order valence-corrected chi connectivity index (χ4v) is 1.49. The SMILES string of the molecule is CCOc1cc(C(=O)[O-])cc(Cl)c1OCC(=O)[O-]. The van der Waals surface area contributed by atoms with Crippen molar-refractivity contribution in [3.05, 3.63) is 22.7 Å². The van der Waals surface area contributed by atoms with Gasteiger partial charge in [-0.3, -0.25) is 0 Å². The van der Waals surface area contributed by atoms with E-state index in [1.807, 2.05) is 0 Å². The molecule has 1 rings (SSSR count). The van der Waals surface area contributed by atoms with E-state index in [1.54, 1.807) is 6.92 Å². The van der Waals surface area contributed by atoms with Crippen LogP contribution >= 0.6 is 11.6 Å². The van der Waals surface area contributed by atoms with Crippen molar-refractivity contribution in [2.24, 2.45) is 0 Å². The van der Waals surface area contributed by atoms with Gasteiger partial charge in [-0.05, 0) is 19.1 Å². The van der Waals surface area contributed by atoms with Crippen molar-refractivity contribution in [1.82, 2.24) is 0 Å². The van der Waals surface area contributed by atoms with E-state index in [2.05, 4.69) is 0 Å². The van der Waals surface area contributed by atoms with E-state index in [1.165, 1.54) is 0 Å². The van der Waals surface area contributed by atoms with Gasteiger partial charge in [-0.1, -0.05) is 11.6 Å². The van der Waals surface area contributed by atoms with E-state index in [0.29, 0.717) is 0 Å². The van der Waals surface area contributed by atoms with Crippen LogP contribution in [0, 0.1) is 0 Å². The molecular weight excluding hydrogens is 264 g/mol. The molecule has 0 fully saturated rings. The van der Waals surface area contributed by atoms with Gasteiger partial charge in [0.05, 0.1) is 23.6 Å². The van der Waals surface area contributed by atoms with Crippen LogP contribution in [0.3, 0.4) is 0 Å².